The van der Waals surface area contributed by atoms with Gasteiger partial charge in [-0.3, -0.25) is 9.59 Å². The molecule has 1 aromatic carbocycles. The van der Waals surface area contributed by atoms with Gasteiger partial charge in [0.05, 0.1) is 0 Å². The van der Waals surface area contributed by atoms with Crippen LogP contribution in [0, 0.1) is 5.41 Å². The van der Waals surface area contributed by atoms with Crippen molar-refractivity contribution in [1.29, 1.82) is 0 Å². The van der Waals surface area contributed by atoms with E-state index in [-0.39, 0.29) is 11.8 Å². The molecule has 0 aliphatic heterocycles. The highest BCUT2D eigenvalue weighted by atomic mass is 16.2. The maximum Gasteiger partial charge on any atom is 0.253 e. The second-order valence-electron chi connectivity index (χ2n) is 8.53. The van der Waals surface area contributed by atoms with Crippen molar-refractivity contribution in [2.75, 3.05) is 54.4 Å². The van der Waals surface area contributed by atoms with Crippen molar-refractivity contribution in [3.05, 3.63) is 35.4 Å². The molecule has 0 fully saturated rings. The highest BCUT2D eigenvalue weighted by molar-refractivity contribution is 5.94. The molecule has 0 heterocycles. The number of nitrogens with one attached hydrogen (secondary N) is 1. The molecule has 6 heteroatoms. The van der Waals surface area contributed by atoms with E-state index in [4.69, 9.17) is 0 Å². The van der Waals surface area contributed by atoms with Gasteiger partial charge in [0.25, 0.3) is 5.91 Å². The summed E-state index contributed by atoms with van der Waals surface area (Å²) in [4.78, 5) is 30.9. The molecule has 0 bridgehead atoms. The molecule has 0 unspecified atom stereocenters. The Kier molecular flexibility index (Phi) is 8.93. The van der Waals surface area contributed by atoms with Gasteiger partial charge in [-0.1, -0.05) is 32.9 Å². The number of carbonyl (C=O) groups excluding carboxylic acids is 2. The summed E-state index contributed by atoms with van der Waals surface area (Å²) in [6.07, 6.45) is 0. The summed E-state index contributed by atoms with van der Waals surface area (Å²) < 4.78 is 0. The van der Waals surface area contributed by atoms with Gasteiger partial charge in [-0.25, -0.2) is 0 Å². The van der Waals surface area contributed by atoms with Gasteiger partial charge in [-0.05, 0) is 45.9 Å². The summed E-state index contributed by atoms with van der Waals surface area (Å²) in [6, 6.07) is 7.51. The van der Waals surface area contributed by atoms with Gasteiger partial charge in [-0.2, -0.15) is 0 Å². The molecule has 2 amide bonds. The highest BCUT2D eigenvalue weighted by Crippen LogP contribution is 2.13. The third-order valence-corrected chi connectivity index (χ3v) is 4.26. The minimum atomic E-state index is -0.407. The molecule has 0 aliphatic carbocycles. The molecule has 0 radical (unpaired) electrons. The van der Waals surface area contributed by atoms with E-state index in [1.54, 1.807) is 0 Å². The van der Waals surface area contributed by atoms with Gasteiger partial charge in [0, 0.05) is 43.7 Å². The van der Waals surface area contributed by atoms with Crippen molar-refractivity contribution in [3.63, 3.8) is 0 Å². The second-order valence-corrected chi connectivity index (χ2v) is 8.53. The van der Waals surface area contributed by atoms with Gasteiger partial charge in [0.2, 0.25) is 5.91 Å². The van der Waals surface area contributed by atoms with E-state index in [2.05, 4.69) is 15.1 Å². The summed E-state index contributed by atoms with van der Waals surface area (Å²) in [5.41, 5.74) is 1.26. The van der Waals surface area contributed by atoms with Crippen LogP contribution in [0.5, 0.6) is 0 Å². The Balaban J connectivity index is 2.74. The van der Waals surface area contributed by atoms with Crippen molar-refractivity contribution >= 4 is 11.8 Å². The molecule has 0 spiro atoms. The molecule has 27 heavy (non-hydrogen) atoms. The van der Waals surface area contributed by atoms with Gasteiger partial charge in [0.1, 0.15) is 0 Å². The zero-order valence-corrected chi connectivity index (χ0v) is 18.0. The predicted molar refractivity (Wildman–Crippen MR) is 111 cm³/mol. The molecule has 6 nitrogen and oxygen atoms in total. The number of amides is 2. The van der Waals surface area contributed by atoms with E-state index in [0.29, 0.717) is 25.2 Å². The Morgan fingerprint density at radius 1 is 0.852 bits per heavy atom. The summed E-state index contributed by atoms with van der Waals surface area (Å²) >= 11 is 0. The number of carbonyl (C=O) groups is 2. The Labute approximate surface area is 164 Å². The Hall–Kier alpha value is -1.92. The number of likely N-dealkylation sites (N-methyl/N-ethyl adjacent to an activating group) is 2. The molecule has 0 atom stereocenters. The minimum Gasteiger partial charge on any atom is -0.352 e. The monoisotopic (exact) mass is 376 g/mol. The molecule has 0 saturated heterocycles. The summed E-state index contributed by atoms with van der Waals surface area (Å²) in [7, 11) is 8.04. The Bertz CT molecular complexity index is 592. The fourth-order valence-corrected chi connectivity index (χ4v) is 2.35. The van der Waals surface area contributed by atoms with Gasteiger partial charge < -0.3 is 20.0 Å². The van der Waals surface area contributed by atoms with Crippen LogP contribution in [0.1, 0.15) is 36.7 Å². The summed E-state index contributed by atoms with van der Waals surface area (Å²) in [5.74, 6) is 0.0603. The average Bonchev–Trinajstić information content (AvgIpc) is 2.58. The molecule has 0 aromatic heterocycles. The van der Waals surface area contributed by atoms with Crippen LogP contribution in [0.3, 0.4) is 0 Å². The Morgan fingerprint density at radius 2 is 1.33 bits per heavy atom. The first-order chi connectivity index (χ1) is 12.5. The summed E-state index contributed by atoms with van der Waals surface area (Å²) in [6.45, 7) is 9.19. The van der Waals surface area contributed by atoms with Crippen LogP contribution in [0.25, 0.3) is 0 Å². The molecule has 0 saturated carbocycles. The fraction of sp³-hybridized carbons (Fsp3) is 0.619. The number of rotatable bonds is 9. The van der Waals surface area contributed by atoms with E-state index in [9.17, 15) is 9.59 Å². The third-order valence-electron chi connectivity index (χ3n) is 4.26. The topological polar surface area (TPSA) is 55.9 Å². The largest absolute Gasteiger partial charge is 0.352 e. The van der Waals surface area contributed by atoms with Gasteiger partial charge in [-0.15, -0.1) is 0 Å². The molecular weight excluding hydrogens is 340 g/mol. The van der Waals surface area contributed by atoms with Crippen LogP contribution in [-0.2, 0) is 11.3 Å². The van der Waals surface area contributed by atoms with Crippen LogP contribution in [-0.4, -0.2) is 80.9 Å². The van der Waals surface area contributed by atoms with Crippen LogP contribution < -0.4 is 5.32 Å². The van der Waals surface area contributed by atoms with E-state index in [1.165, 1.54) is 0 Å². The third kappa shape index (κ3) is 8.54. The first-order valence-electron chi connectivity index (χ1n) is 9.46. The van der Waals surface area contributed by atoms with E-state index >= 15 is 0 Å². The van der Waals surface area contributed by atoms with E-state index < -0.39 is 5.41 Å². The zero-order chi connectivity index (χ0) is 20.6. The van der Waals surface area contributed by atoms with Crippen LogP contribution >= 0.6 is 0 Å². The number of nitrogens with zero attached hydrogens (tertiary/aromatic N) is 3. The van der Waals surface area contributed by atoms with Crippen LogP contribution in [0.4, 0.5) is 0 Å². The van der Waals surface area contributed by atoms with Crippen LogP contribution in [0.2, 0.25) is 0 Å². The van der Waals surface area contributed by atoms with Crippen molar-refractivity contribution < 1.29 is 9.59 Å². The lowest BCUT2D eigenvalue weighted by Gasteiger charge is -2.26. The molecular formula is C21H36N4O2. The molecule has 1 rings (SSSR count). The molecule has 0 aliphatic rings. The lowest BCUT2D eigenvalue weighted by atomic mass is 9.95. The predicted octanol–water partition coefficient (Wildman–Crippen LogP) is 1.91. The van der Waals surface area contributed by atoms with Gasteiger partial charge in [0.15, 0.2) is 0 Å². The first-order valence-corrected chi connectivity index (χ1v) is 9.46. The maximum absolute atomic E-state index is 12.9. The van der Waals surface area contributed by atoms with Crippen molar-refractivity contribution in [1.82, 2.24) is 20.0 Å². The van der Waals surface area contributed by atoms with Gasteiger partial charge >= 0.3 is 0 Å². The number of hydrogen-bond donors (Lipinski definition) is 1. The Morgan fingerprint density at radius 3 is 1.74 bits per heavy atom. The molecule has 1 N–H and O–H groups in total. The molecule has 152 valence electrons. The van der Waals surface area contributed by atoms with Crippen molar-refractivity contribution in [2.24, 2.45) is 5.41 Å². The number of hydrogen-bond acceptors (Lipinski definition) is 4. The zero-order valence-electron chi connectivity index (χ0n) is 18.0. The highest BCUT2D eigenvalue weighted by Gasteiger charge is 2.20. The van der Waals surface area contributed by atoms with E-state index in [0.717, 1.165) is 18.7 Å². The molecule has 1 aromatic rings. The normalized spacial score (nSPS) is 11.7. The lowest BCUT2D eigenvalue weighted by Crippen LogP contribution is -2.40. The van der Waals surface area contributed by atoms with Crippen molar-refractivity contribution in [3.8, 4) is 0 Å². The SMILES string of the molecule is CN(C)CCN(CCN(C)C)C(=O)c1ccc(CNC(=O)C(C)(C)C)cc1. The van der Waals surface area contributed by atoms with Crippen LogP contribution in [0.15, 0.2) is 24.3 Å². The van der Waals surface area contributed by atoms with E-state index in [1.807, 2.05) is 78.1 Å². The maximum atomic E-state index is 12.9. The standard InChI is InChI=1S/C21H36N4O2/c1-21(2,3)20(27)22-16-17-8-10-18(11-9-17)19(26)25(14-12-23(4)5)15-13-24(6)7/h8-11H,12-16H2,1-7H3,(H,22,27). The quantitative estimate of drug-likeness (QED) is 0.715. The number of benzene rings is 1. The second kappa shape index (κ2) is 10.4. The van der Waals surface area contributed by atoms with Crippen molar-refractivity contribution in [2.45, 2.75) is 27.3 Å². The lowest BCUT2D eigenvalue weighted by molar-refractivity contribution is -0.128. The fourth-order valence-electron chi connectivity index (χ4n) is 2.35. The minimum absolute atomic E-state index is 0.0150. The first kappa shape index (κ1) is 23.1. The smallest absolute Gasteiger partial charge is 0.253 e. The average molecular weight is 377 g/mol. The summed E-state index contributed by atoms with van der Waals surface area (Å²) in [5, 5.41) is 2.93.